The summed E-state index contributed by atoms with van der Waals surface area (Å²) in [5.41, 5.74) is 0. The molecule has 1 fully saturated rings. The molecule has 1 rings (SSSR count). The molecule has 5 heteroatoms. The molecule has 0 aliphatic carbocycles. The van der Waals surface area contributed by atoms with Crippen LogP contribution in [0, 0.1) is 5.92 Å². The maximum Gasteiger partial charge on any atom is 0.305 e. The fourth-order valence-electron chi connectivity index (χ4n) is 2.17. The summed E-state index contributed by atoms with van der Waals surface area (Å²) in [6.45, 7) is 2.74. The van der Waals surface area contributed by atoms with E-state index >= 15 is 0 Å². The Bertz CT molecular complexity index is 275. The number of carbonyl (C=O) groups excluding carboxylic acids is 2. The first-order chi connectivity index (χ1) is 8.63. The highest BCUT2D eigenvalue weighted by atomic mass is 16.5. The van der Waals surface area contributed by atoms with Gasteiger partial charge in [-0.05, 0) is 38.3 Å². The van der Waals surface area contributed by atoms with Crippen LogP contribution < -0.4 is 5.32 Å². The Hall–Kier alpha value is -1.10. The maximum absolute atomic E-state index is 11.8. The lowest BCUT2D eigenvalue weighted by Gasteiger charge is -2.17. The van der Waals surface area contributed by atoms with Gasteiger partial charge in [0.2, 0.25) is 5.91 Å². The molecule has 1 N–H and O–H groups in total. The number of esters is 1. The fourth-order valence-corrected chi connectivity index (χ4v) is 2.17. The van der Waals surface area contributed by atoms with Crippen molar-refractivity contribution in [1.82, 2.24) is 10.2 Å². The van der Waals surface area contributed by atoms with Gasteiger partial charge >= 0.3 is 5.97 Å². The zero-order valence-electron chi connectivity index (χ0n) is 11.4. The molecule has 1 saturated heterocycles. The molecule has 0 aromatic carbocycles. The van der Waals surface area contributed by atoms with E-state index in [1.54, 1.807) is 11.9 Å². The molecule has 0 saturated carbocycles. The summed E-state index contributed by atoms with van der Waals surface area (Å²) >= 11 is 0. The van der Waals surface area contributed by atoms with Gasteiger partial charge in [-0.25, -0.2) is 0 Å². The smallest absolute Gasteiger partial charge is 0.305 e. The summed E-state index contributed by atoms with van der Waals surface area (Å²) < 4.78 is 4.56. The van der Waals surface area contributed by atoms with Crippen LogP contribution >= 0.6 is 0 Å². The Kier molecular flexibility index (Phi) is 6.72. The van der Waals surface area contributed by atoms with Gasteiger partial charge in [0.05, 0.1) is 7.11 Å². The Morgan fingerprint density at radius 1 is 1.39 bits per heavy atom. The molecule has 1 heterocycles. The third-order valence-corrected chi connectivity index (χ3v) is 3.46. The van der Waals surface area contributed by atoms with Gasteiger partial charge in [-0.3, -0.25) is 9.59 Å². The maximum atomic E-state index is 11.8. The number of carbonyl (C=O) groups is 2. The van der Waals surface area contributed by atoms with Crippen molar-refractivity contribution < 1.29 is 14.3 Å². The molecule has 1 amide bonds. The van der Waals surface area contributed by atoms with Crippen LogP contribution in [0.25, 0.3) is 0 Å². The van der Waals surface area contributed by atoms with Crippen LogP contribution in [0.2, 0.25) is 0 Å². The van der Waals surface area contributed by atoms with Crippen LogP contribution in [0.1, 0.15) is 32.1 Å². The standard InChI is InChI=1S/C13H24N2O3/c1-15(9-3-4-13(17)18-2)12(16)6-5-11-7-8-14-10-11/h11,14H,3-10H2,1-2H3. The Morgan fingerprint density at radius 3 is 2.78 bits per heavy atom. The second-order valence-corrected chi connectivity index (χ2v) is 4.89. The fraction of sp³-hybridized carbons (Fsp3) is 0.846. The number of rotatable bonds is 7. The highest BCUT2D eigenvalue weighted by Gasteiger charge is 2.17. The van der Waals surface area contributed by atoms with Crippen molar-refractivity contribution in [2.45, 2.75) is 32.1 Å². The second-order valence-electron chi connectivity index (χ2n) is 4.89. The van der Waals surface area contributed by atoms with Crippen molar-refractivity contribution >= 4 is 11.9 Å². The van der Waals surface area contributed by atoms with Crippen LogP contribution in [-0.4, -0.2) is 50.6 Å². The number of amides is 1. The van der Waals surface area contributed by atoms with Crippen molar-refractivity contribution in [2.24, 2.45) is 5.92 Å². The Balaban J connectivity index is 2.10. The van der Waals surface area contributed by atoms with E-state index in [0.29, 0.717) is 31.7 Å². The molecule has 1 aliphatic heterocycles. The predicted octanol–water partition coefficient (Wildman–Crippen LogP) is 0.788. The summed E-state index contributed by atoms with van der Waals surface area (Å²) in [6.07, 6.45) is 3.80. The average Bonchev–Trinajstić information content (AvgIpc) is 2.88. The van der Waals surface area contributed by atoms with Crippen LogP contribution in [0.4, 0.5) is 0 Å². The van der Waals surface area contributed by atoms with Gasteiger partial charge in [-0.2, -0.15) is 0 Å². The van der Waals surface area contributed by atoms with Gasteiger partial charge in [0, 0.05) is 26.4 Å². The molecule has 18 heavy (non-hydrogen) atoms. The molecule has 0 radical (unpaired) electrons. The van der Waals surface area contributed by atoms with Gasteiger partial charge < -0.3 is 15.0 Å². The van der Waals surface area contributed by atoms with Gasteiger partial charge in [-0.1, -0.05) is 0 Å². The van der Waals surface area contributed by atoms with Crippen LogP contribution in [0.15, 0.2) is 0 Å². The summed E-state index contributed by atoms with van der Waals surface area (Å²) in [7, 11) is 3.18. The van der Waals surface area contributed by atoms with E-state index in [1.165, 1.54) is 13.5 Å². The molecule has 104 valence electrons. The normalized spacial score (nSPS) is 18.7. The van der Waals surface area contributed by atoms with E-state index in [4.69, 9.17) is 0 Å². The molecular formula is C13H24N2O3. The third kappa shape index (κ3) is 5.49. The zero-order chi connectivity index (χ0) is 13.4. The van der Waals surface area contributed by atoms with E-state index in [2.05, 4.69) is 10.1 Å². The lowest BCUT2D eigenvalue weighted by Crippen LogP contribution is -2.28. The minimum Gasteiger partial charge on any atom is -0.469 e. The molecule has 1 unspecified atom stereocenters. The third-order valence-electron chi connectivity index (χ3n) is 3.46. The highest BCUT2D eigenvalue weighted by Crippen LogP contribution is 2.14. The Labute approximate surface area is 109 Å². The van der Waals surface area contributed by atoms with E-state index < -0.39 is 0 Å². The topological polar surface area (TPSA) is 58.6 Å². The Morgan fingerprint density at radius 2 is 2.17 bits per heavy atom. The summed E-state index contributed by atoms with van der Waals surface area (Å²) in [5, 5.41) is 3.30. The van der Waals surface area contributed by atoms with E-state index in [-0.39, 0.29) is 11.9 Å². The van der Waals surface area contributed by atoms with Crippen LogP contribution in [0.5, 0.6) is 0 Å². The van der Waals surface area contributed by atoms with Gasteiger partial charge in [0.1, 0.15) is 0 Å². The van der Waals surface area contributed by atoms with Gasteiger partial charge in [0.15, 0.2) is 0 Å². The zero-order valence-corrected chi connectivity index (χ0v) is 11.4. The minimum absolute atomic E-state index is 0.173. The van der Waals surface area contributed by atoms with Gasteiger partial charge in [-0.15, -0.1) is 0 Å². The van der Waals surface area contributed by atoms with Crippen LogP contribution in [-0.2, 0) is 14.3 Å². The summed E-state index contributed by atoms with van der Waals surface area (Å²) in [5.74, 6) is 0.608. The molecule has 5 nitrogen and oxygen atoms in total. The van der Waals surface area contributed by atoms with Crippen molar-refractivity contribution in [1.29, 1.82) is 0 Å². The minimum atomic E-state index is -0.215. The first kappa shape index (κ1) is 15.0. The SMILES string of the molecule is COC(=O)CCCN(C)C(=O)CCC1CCNC1. The summed E-state index contributed by atoms with van der Waals surface area (Å²) in [6, 6.07) is 0. The molecule has 1 aliphatic rings. The number of nitrogens with zero attached hydrogens (tertiary/aromatic N) is 1. The first-order valence-corrected chi connectivity index (χ1v) is 6.65. The van der Waals surface area contributed by atoms with E-state index in [0.717, 1.165) is 19.5 Å². The van der Waals surface area contributed by atoms with Crippen molar-refractivity contribution in [2.75, 3.05) is 33.8 Å². The number of methoxy groups -OCH3 is 1. The van der Waals surface area contributed by atoms with Crippen molar-refractivity contribution in [3.8, 4) is 0 Å². The molecular weight excluding hydrogens is 232 g/mol. The first-order valence-electron chi connectivity index (χ1n) is 6.65. The lowest BCUT2D eigenvalue weighted by atomic mass is 10.0. The largest absolute Gasteiger partial charge is 0.469 e. The molecule has 0 spiro atoms. The number of hydrogen-bond acceptors (Lipinski definition) is 4. The average molecular weight is 256 g/mol. The van der Waals surface area contributed by atoms with Crippen molar-refractivity contribution in [3.63, 3.8) is 0 Å². The molecule has 1 atom stereocenters. The number of hydrogen-bond donors (Lipinski definition) is 1. The highest BCUT2D eigenvalue weighted by molar-refractivity contribution is 5.76. The molecule has 0 aromatic rings. The monoisotopic (exact) mass is 256 g/mol. The molecule has 0 aromatic heterocycles. The second kappa shape index (κ2) is 8.08. The van der Waals surface area contributed by atoms with Crippen LogP contribution in [0.3, 0.4) is 0 Å². The predicted molar refractivity (Wildman–Crippen MR) is 69.1 cm³/mol. The number of nitrogens with one attached hydrogen (secondary N) is 1. The van der Waals surface area contributed by atoms with E-state index in [9.17, 15) is 9.59 Å². The van der Waals surface area contributed by atoms with Crippen molar-refractivity contribution in [3.05, 3.63) is 0 Å². The lowest BCUT2D eigenvalue weighted by molar-refractivity contribution is -0.141. The molecule has 0 bridgehead atoms. The quantitative estimate of drug-likeness (QED) is 0.684. The summed E-state index contributed by atoms with van der Waals surface area (Å²) in [4.78, 5) is 24.5. The number of ether oxygens (including phenoxy) is 1. The van der Waals surface area contributed by atoms with E-state index in [1.807, 2.05) is 0 Å². The van der Waals surface area contributed by atoms with Gasteiger partial charge in [0.25, 0.3) is 0 Å².